The van der Waals surface area contributed by atoms with Crippen LogP contribution in [0.5, 0.6) is 0 Å². The molecule has 0 aliphatic heterocycles. The number of nitrogens with zero attached hydrogens (tertiary/aromatic N) is 2. The Morgan fingerprint density at radius 1 is 1.05 bits per heavy atom. The lowest BCUT2D eigenvalue weighted by molar-refractivity contribution is 0.298. The van der Waals surface area contributed by atoms with Gasteiger partial charge in [0.2, 0.25) is 0 Å². The lowest BCUT2D eigenvalue weighted by Crippen LogP contribution is -2.14. The highest BCUT2D eigenvalue weighted by Crippen LogP contribution is 2.36. The van der Waals surface area contributed by atoms with Gasteiger partial charge < -0.3 is 0 Å². The molecule has 0 saturated heterocycles. The first-order chi connectivity index (χ1) is 10.3. The van der Waals surface area contributed by atoms with Crippen LogP contribution in [-0.4, -0.2) is 10.2 Å². The van der Waals surface area contributed by atoms with Gasteiger partial charge in [-0.2, -0.15) is 5.10 Å². The predicted octanol–water partition coefficient (Wildman–Crippen LogP) is 5.09. The van der Waals surface area contributed by atoms with Gasteiger partial charge in [0.25, 0.3) is 0 Å². The fourth-order valence-electron chi connectivity index (χ4n) is 3.36. The Labute approximate surface area is 129 Å². The molecule has 1 aliphatic rings. The van der Waals surface area contributed by atoms with Crippen LogP contribution in [0.2, 0.25) is 0 Å². The average molecular weight is 284 g/mol. The fourth-order valence-corrected chi connectivity index (χ4v) is 3.36. The van der Waals surface area contributed by atoms with E-state index in [9.17, 15) is 0 Å². The lowest BCUT2D eigenvalue weighted by atomic mass is 9.78. The van der Waals surface area contributed by atoms with Gasteiger partial charge in [-0.05, 0) is 56.6 Å². The summed E-state index contributed by atoms with van der Waals surface area (Å²) in [5, 5.41) is 8.59. The van der Waals surface area contributed by atoms with Gasteiger partial charge in [0.05, 0.1) is 5.69 Å². The second kappa shape index (κ2) is 8.82. The summed E-state index contributed by atoms with van der Waals surface area (Å²) < 4.78 is 0. The molecule has 0 unspecified atom stereocenters. The molecule has 0 atom stereocenters. The topological polar surface area (TPSA) is 25.8 Å². The van der Waals surface area contributed by atoms with Crippen LogP contribution in [0.15, 0.2) is 12.1 Å². The van der Waals surface area contributed by atoms with E-state index in [4.69, 9.17) is 0 Å². The van der Waals surface area contributed by atoms with Crippen molar-refractivity contribution in [3.63, 3.8) is 0 Å². The molecule has 1 saturated carbocycles. The normalized spacial score (nSPS) is 21.6. The van der Waals surface area contributed by atoms with Gasteiger partial charge in [0, 0.05) is 5.92 Å². The molecule has 1 heterocycles. The molecule has 0 aromatic carbocycles. The number of unbranched alkanes of at least 4 members (excludes halogenated alkanes) is 3. The van der Waals surface area contributed by atoms with Gasteiger partial charge in [-0.1, -0.05) is 44.9 Å². The van der Waals surface area contributed by atoms with E-state index < -0.39 is 0 Å². The molecule has 1 aliphatic carbocycles. The first-order valence-corrected chi connectivity index (χ1v) is 8.59. The van der Waals surface area contributed by atoms with Crippen molar-refractivity contribution < 1.29 is 0 Å². The average Bonchev–Trinajstić information content (AvgIpc) is 2.53. The molecular weight excluding hydrogens is 256 g/mol. The third-order valence-electron chi connectivity index (χ3n) is 4.67. The third kappa shape index (κ3) is 5.16. The maximum atomic E-state index is 4.38. The van der Waals surface area contributed by atoms with Crippen molar-refractivity contribution >= 4 is 0 Å². The molecule has 1 aromatic rings. The zero-order valence-electron chi connectivity index (χ0n) is 13.6. The molecule has 0 amide bonds. The number of hydrogen-bond donors (Lipinski definition) is 0. The zero-order valence-corrected chi connectivity index (χ0v) is 13.6. The summed E-state index contributed by atoms with van der Waals surface area (Å²) in [6.07, 6.45) is 12.3. The lowest BCUT2D eigenvalue weighted by Gasteiger charge is -2.28. The highest BCUT2D eigenvalue weighted by Gasteiger charge is 2.23. The molecule has 21 heavy (non-hydrogen) atoms. The SMILES string of the molecule is CC#Cc1ccc([C@H]2CC[C@H](CCCCCC)CC2)nn1. The second-order valence-electron chi connectivity index (χ2n) is 6.29. The summed E-state index contributed by atoms with van der Waals surface area (Å²) in [5.41, 5.74) is 1.95. The molecule has 2 nitrogen and oxygen atoms in total. The Kier molecular flexibility index (Phi) is 6.73. The third-order valence-corrected chi connectivity index (χ3v) is 4.67. The smallest absolute Gasteiger partial charge is 0.135 e. The van der Waals surface area contributed by atoms with Crippen LogP contribution in [0.1, 0.15) is 88.9 Å². The van der Waals surface area contributed by atoms with Gasteiger partial charge >= 0.3 is 0 Å². The molecule has 1 fully saturated rings. The van der Waals surface area contributed by atoms with Crippen molar-refractivity contribution in [2.75, 3.05) is 0 Å². The van der Waals surface area contributed by atoms with E-state index in [-0.39, 0.29) is 0 Å². The largest absolute Gasteiger partial charge is 0.154 e. The quantitative estimate of drug-likeness (QED) is 0.537. The van der Waals surface area contributed by atoms with Crippen LogP contribution < -0.4 is 0 Å². The van der Waals surface area contributed by atoms with Gasteiger partial charge in [0.15, 0.2) is 0 Å². The molecule has 2 rings (SSSR count). The van der Waals surface area contributed by atoms with Crippen LogP contribution >= 0.6 is 0 Å². The molecular formula is C19H28N2. The Hall–Kier alpha value is -1.36. The minimum atomic E-state index is 0.619. The molecule has 0 N–H and O–H groups in total. The maximum absolute atomic E-state index is 4.38. The van der Waals surface area contributed by atoms with E-state index in [1.54, 1.807) is 0 Å². The van der Waals surface area contributed by atoms with E-state index >= 15 is 0 Å². The molecule has 2 heteroatoms. The Balaban J connectivity index is 1.76. The molecule has 114 valence electrons. The predicted molar refractivity (Wildman–Crippen MR) is 88.0 cm³/mol. The van der Waals surface area contributed by atoms with Crippen LogP contribution in [0.25, 0.3) is 0 Å². The van der Waals surface area contributed by atoms with E-state index in [1.807, 2.05) is 13.0 Å². The first-order valence-electron chi connectivity index (χ1n) is 8.59. The molecule has 0 radical (unpaired) electrons. The standard InChI is InChI=1S/C19H28N2/c1-3-5-6-7-9-16-10-12-17(13-11-16)19-15-14-18(8-4-2)20-21-19/h14-17H,3,5-7,9-13H2,1-2H3/t16-,17-. The van der Waals surface area contributed by atoms with Crippen molar-refractivity contribution in [3.8, 4) is 11.8 Å². The second-order valence-corrected chi connectivity index (χ2v) is 6.29. The van der Waals surface area contributed by atoms with Crippen LogP contribution in [0, 0.1) is 17.8 Å². The number of rotatable bonds is 6. The van der Waals surface area contributed by atoms with Gasteiger partial charge in [-0.15, -0.1) is 5.10 Å². The van der Waals surface area contributed by atoms with Crippen molar-refractivity contribution in [2.45, 2.75) is 77.6 Å². The van der Waals surface area contributed by atoms with Crippen LogP contribution in [0.4, 0.5) is 0 Å². The summed E-state index contributed by atoms with van der Waals surface area (Å²) in [6, 6.07) is 4.13. The summed E-state index contributed by atoms with van der Waals surface area (Å²) in [4.78, 5) is 0. The minimum absolute atomic E-state index is 0.619. The van der Waals surface area contributed by atoms with Crippen LogP contribution in [0.3, 0.4) is 0 Å². The molecule has 1 aromatic heterocycles. The van der Waals surface area contributed by atoms with Gasteiger partial charge in [0.1, 0.15) is 5.69 Å². The Morgan fingerprint density at radius 2 is 1.86 bits per heavy atom. The summed E-state index contributed by atoms with van der Waals surface area (Å²) in [5.74, 6) is 7.39. The van der Waals surface area contributed by atoms with Crippen molar-refractivity contribution in [3.05, 3.63) is 23.5 Å². The molecule has 0 spiro atoms. The minimum Gasteiger partial charge on any atom is -0.154 e. The number of hydrogen-bond acceptors (Lipinski definition) is 2. The Morgan fingerprint density at radius 3 is 2.48 bits per heavy atom. The van der Waals surface area contributed by atoms with Crippen LogP contribution in [-0.2, 0) is 0 Å². The van der Waals surface area contributed by atoms with Crippen molar-refractivity contribution in [1.82, 2.24) is 10.2 Å². The first kappa shape index (κ1) is 16.0. The zero-order chi connectivity index (χ0) is 14.9. The van der Waals surface area contributed by atoms with Crippen molar-refractivity contribution in [1.29, 1.82) is 0 Å². The van der Waals surface area contributed by atoms with Gasteiger partial charge in [-0.3, -0.25) is 0 Å². The molecule has 0 bridgehead atoms. The highest BCUT2D eigenvalue weighted by atomic mass is 15.1. The van der Waals surface area contributed by atoms with Gasteiger partial charge in [-0.25, -0.2) is 0 Å². The van der Waals surface area contributed by atoms with E-state index in [2.05, 4.69) is 35.0 Å². The highest BCUT2D eigenvalue weighted by molar-refractivity contribution is 5.26. The summed E-state index contributed by atoms with van der Waals surface area (Å²) >= 11 is 0. The number of aromatic nitrogens is 2. The van der Waals surface area contributed by atoms with E-state index in [0.29, 0.717) is 5.92 Å². The Bertz CT molecular complexity index is 459. The van der Waals surface area contributed by atoms with E-state index in [0.717, 1.165) is 11.6 Å². The monoisotopic (exact) mass is 284 g/mol. The van der Waals surface area contributed by atoms with E-state index in [1.165, 1.54) is 63.5 Å². The maximum Gasteiger partial charge on any atom is 0.135 e. The van der Waals surface area contributed by atoms with Crippen molar-refractivity contribution in [2.24, 2.45) is 5.92 Å². The summed E-state index contributed by atoms with van der Waals surface area (Å²) in [7, 11) is 0. The summed E-state index contributed by atoms with van der Waals surface area (Å²) in [6.45, 7) is 4.11. The fraction of sp³-hybridized carbons (Fsp3) is 0.684.